The smallest absolute Gasteiger partial charge is 0.0237 e. The molecule has 112 valence electrons. The summed E-state index contributed by atoms with van der Waals surface area (Å²) in [5.74, 6) is 0. The van der Waals surface area contributed by atoms with Crippen LogP contribution in [0.1, 0.15) is 51.0 Å². The Morgan fingerprint density at radius 2 is 1.70 bits per heavy atom. The van der Waals surface area contributed by atoms with Crippen molar-refractivity contribution in [1.29, 1.82) is 0 Å². The maximum absolute atomic E-state index is 3.88. The third-order valence-corrected chi connectivity index (χ3v) is 4.06. The molecule has 0 radical (unpaired) electrons. The van der Waals surface area contributed by atoms with Crippen molar-refractivity contribution in [2.45, 2.75) is 52.0 Å². The van der Waals surface area contributed by atoms with E-state index in [4.69, 9.17) is 0 Å². The van der Waals surface area contributed by atoms with Crippen LogP contribution in [0.25, 0.3) is 0 Å². The van der Waals surface area contributed by atoms with Crippen LogP contribution < -0.4 is 0 Å². The number of hydrogen-bond acceptors (Lipinski definition) is 1. The Labute approximate surface area is 133 Å². The fourth-order valence-corrected chi connectivity index (χ4v) is 2.65. The molecule has 0 saturated carbocycles. The van der Waals surface area contributed by atoms with Gasteiger partial charge in [0.1, 0.15) is 0 Å². The van der Waals surface area contributed by atoms with Crippen molar-refractivity contribution in [3.05, 3.63) is 47.0 Å². The third-order valence-electron chi connectivity index (χ3n) is 3.53. The predicted molar refractivity (Wildman–Crippen MR) is 93.0 cm³/mol. The molecule has 0 aromatic heterocycles. The topological polar surface area (TPSA) is 3.24 Å². The van der Waals surface area contributed by atoms with Gasteiger partial charge in [0.2, 0.25) is 0 Å². The Bertz CT molecular complexity index is 358. The lowest BCUT2D eigenvalue weighted by atomic mass is 10.1. The molecule has 20 heavy (non-hydrogen) atoms. The Morgan fingerprint density at radius 3 is 2.35 bits per heavy atom. The number of unbranched alkanes of at least 4 members (excludes halogenated alkanes) is 5. The molecule has 0 saturated heterocycles. The van der Waals surface area contributed by atoms with Crippen molar-refractivity contribution < 1.29 is 0 Å². The summed E-state index contributed by atoms with van der Waals surface area (Å²) in [4.78, 5) is 2.48. The van der Waals surface area contributed by atoms with Gasteiger partial charge in [0.05, 0.1) is 0 Å². The first-order valence-electron chi connectivity index (χ1n) is 7.84. The summed E-state index contributed by atoms with van der Waals surface area (Å²) in [5, 5.41) is 0. The molecule has 0 N–H and O–H groups in total. The largest absolute Gasteiger partial charge is 0.295 e. The van der Waals surface area contributed by atoms with Gasteiger partial charge in [-0.2, -0.15) is 0 Å². The van der Waals surface area contributed by atoms with E-state index in [1.165, 1.54) is 50.6 Å². The van der Waals surface area contributed by atoms with E-state index >= 15 is 0 Å². The van der Waals surface area contributed by atoms with Crippen LogP contribution in [0, 0.1) is 0 Å². The predicted octanol–water partition coefficient (Wildman–Crippen LogP) is 5.80. The Kier molecular flexibility index (Phi) is 9.69. The fourth-order valence-electron chi connectivity index (χ4n) is 2.38. The van der Waals surface area contributed by atoms with Crippen LogP contribution in [0.15, 0.2) is 41.4 Å². The number of nitrogens with zero attached hydrogens (tertiary/aromatic N) is 1. The summed E-state index contributed by atoms with van der Waals surface area (Å²) in [7, 11) is 0. The van der Waals surface area contributed by atoms with Gasteiger partial charge in [-0.1, -0.05) is 73.2 Å². The molecular formula is C18H28BrN. The van der Waals surface area contributed by atoms with Crippen LogP contribution in [0.5, 0.6) is 0 Å². The van der Waals surface area contributed by atoms with Gasteiger partial charge in [0.15, 0.2) is 0 Å². The quantitative estimate of drug-likeness (QED) is 0.364. The van der Waals surface area contributed by atoms with Crippen LogP contribution in [0.3, 0.4) is 0 Å². The second kappa shape index (κ2) is 11.1. The number of benzene rings is 1. The number of rotatable bonds is 11. The molecule has 0 aliphatic heterocycles. The van der Waals surface area contributed by atoms with Crippen molar-refractivity contribution in [2.75, 3.05) is 13.1 Å². The van der Waals surface area contributed by atoms with E-state index in [1.807, 2.05) is 6.08 Å². The third kappa shape index (κ3) is 7.86. The van der Waals surface area contributed by atoms with Crippen LogP contribution in [-0.4, -0.2) is 18.0 Å². The SMILES string of the molecule is C=CCN(CCCCCCCC)Cc1ccc(Br)cc1. The van der Waals surface area contributed by atoms with Crippen molar-refractivity contribution in [3.63, 3.8) is 0 Å². The molecule has 0 heterocycles. The van der Waals surface area contributed by atoms with E-state index in [9.17, 15) is 0 Å². The van der Waals surface area contributed by atoms with Gasteiger partial charge in [-0.25, -0.2) is 0 Å². The van der Waals surface area contributed by atoms with E-state index in [2.05, 4.69) is 58.6 Å². The Hall–Kier alpha value is -0.600. The van der Waals surface area contributed by atoms with Crippen LogP contribution in [0.2, 0.25) is 0 Å². The fraction of sp³-hybridized carbons (Fsp3) is 0.556. The minimum atomic E-state index is 0.977. The van der Waals surface area contributed by atoms with Crippen LogP contribution in [0.4, 0.5) is 0 Å². The summed E-state index contributed by atoms with van der Waals surface area (Å²) in [6.45, 7) is 9.32. The first-order chi connectivity index (χ1) is 9.76. The minimum Gasteiger partial charge on any atom is -0.295 e. The lowest BCUT2D eigenvalue weighted by Gasteiger charge is -2.20. The van der Waals surface area contributed by atoms with Gasteiger partial charge < -0.3 is 0 Å². The lowest BCUT2D eigenvalue weighted by Crippen LogP contribution is -2.24. The molecule has 0 fully saturated rings. The summed E-state index contributed by atoms with van der Waals surface area (Å²) in [6.07, 6.45) is 10.2. The maximum Gasteiger partial charge on any atom is 0.0237 e. The zero-order chi connectivity index (χ0) is 14.6. The maximum atomic E-state index is 3.88. The van der Waals surface area contributed by atoms with Gasteiger partial charge in [-0.3, -0.25) is 4.90 Å². The average molecular weight is 338 g/mol. The minimum absolute atomic E-state index is 0.977. The average Bonchev–Trinajstić information content (AvgIpc) is 2.45. The highest BCUT2D eigenvalue weighted by atomic mass is 79.9. The number of hydrogen-bond donors (Lipinski definition) is 0. The second-order valence-corrected chi connectivity index (χ2v) is 6.33. The summed E-state index contributed by atoms with van der Waals surface area (Å²) >= 11 is 3.48. The normalized spacial score (nSPS) is 10.9. The molecule has 0 atom stereocenters. The lowest BCUT2D eigenvalue weighted by molar-refractivity contribution is 0.286. The van der Waals surface area contributed by atoms with Gasteiger partial charge in [0.25, 0.3) is 0 Å². The monoisotopic (exact) mass is 337 g/mol. The summed E-state index contributed by atoms with van der Waals surface area (Å²) in [6, 6.07) is 8.63. The van der Waals surface area contributed by atoms with Crippen LogP contribution in [-0.2, 0) is 6.54 Å². The highest BCUT2D eigenvalue weighted by molar-refractivity contribution is 9.10. The van der Waals surface area contributed by atoms with E-state index in [0.717, 1.165) is 17.6 Å². The molecule has 0 amide bonds. The molecule has 0 unspecified atom stereocenters. The van der Waals surface area contributed by atoms with E-state index in [0.29, 0.717) is 0 Å². The van der Waals surface area contributed by atoms with Crippen LogP contribution >= 0.6 is 15.9 Å². The molecular weight excluding hydrogens is 310 g/mol. The number of halogens is 1. The summed E-state index contributed by atoms with van der Waals surface area (Å²) < 4.78 is 1.15. The van der Waals surface area contributed by atoms with Gasteiger partial charge in [-0.05, 0) is 30.7 Å². The van der Waals surface area contributed by atoms with Crippen molar-refractivity contribution in [1.82, 2.24) is 4.90 Å². The molecule has 1 aromatic carbocycles. The molecule has 0 aliphatic carbocycles. The molecule has 0 bridgehead atoms. The van der Waals surface area contributed by atoms with Crippen molar-refractivity contribution in [3.8, 4) is 0 Å². The van der Waals surface area contributed by atoms with Gasteiger partial charge >= 0.3 is 0 Å². The molecule has 0 spiro atoms. The van der Waals surface area contributed by atoms with Gasteiger partial charge in [0, 0.05) is 17.6 Å². The highest BCUT2D eigenvalue weighted by Gasteiger charge is 2.04. The summed E-state index contributed by atoms with van der Waals surface area (Å²) in [5.41, 5.74) is 1.38. The standard InChI is InChI=1S/C18H28BrN/c1-3-5-6-7-8-9-15-20(14-4-2)16-17-10-12-18(19)13-11-17/h4,10-13H,2-3,5-9,14-16H2,1H3. The zero-order valence-electron chi connectivity index (χ0n) is 12.8. The van der Waals surface area contributed by atoms with Crippen molar-refractivity contribution >= 4 is 15.9 Å². The molecule has 1 nitrogen and oxygen atoms in total. The first-order valence-corrected chi connectivity index (χ1v) is 8.63. The molecule has 2 heteroatoms. The first kappa shape index (κ1) is 17.5. The Balaban J connectivity index is 2.29. The zero-order valence-corrected chi connectivity index (χ0v) is 14.4. The highest BCUT2D eigenvalue weighted by Crippen LogP contribution is 2.13. The second-order valence-electron chi connectivity index (χ2n) is 5.42. The molecule has 1 aromatic rings. The van der Waals surface area contributed by atoms with E-state index in [-0.39, 0.29) is 0 Å². The van der Waals surface area contributed by atoms with Crippen molar-refractivity contribution in [2.24, 2.45) is 0 Å². The molecule has 1 rings (SSSR count). The molecule has 0 aliphatic rings. The van der Waals surface area contributed by atoms with Gasteiger partial charge in [-0.15, -0.1) is 6.58 Å². The van der Waals surface area contributed by atoms with E-state index < -0.39 is 0 Å². The Morgan fingerprint density at radius 1 is 1.05 bits per heavy atom. The van der Waals surface area contributed by atoms with E-state index in [1.54, 1.807) is 0 Å².